The zero-order valence-electron chi connectivity index (χ0n) is 9.56. The van der Waals surface area contributed by atoms with E-state index in [1.165, 1.54) is 10.5 Å². The molecule has 86 valence electrons. The summed E-state index contributed by atoms with van der Waals surface area (Å²) in [4.78, 5) is 15.7. The van der Waals surface area contributed by atoms with Crippen LogP contribution in [0.2, 0.25) is 0 Å². The number of carbonyl (C=O) groups is 1. The molecular weight excluding hydrogens is 218 g/mol. The summed E-state index contributed by atoms with van der Waals surface area (Å²) in [5.74, 6) is 1.07. The van der Waals surface area contributed by atoms with Crippen LogP contribution in [0, 0.1) is 0 Å². The molecule has 0 aliphatic heterocycles. The highest BCUT2D eigenvalue weighted by Gasteiger charge is 1.97. The largest absolute Gasteiger partial charge is 0.303 e. The molecule has 0 atom stereocenters. The van der Waals surface area contributed by atoms with Gasteiger partial charge >= 0.3 is 0 Å². The van der Waals surface area contributed by atoms with Gasteiger partial charge in [0.15, 0.2) is 0 Å². The van der Waals surface area contributed by atoms with Crippen LogP contribution in [0.3, 0.4) is 0 Å². The monoisotopic (exact) mass is 235 g/mol. The number of unbranched alkanes of at least 4 members (excludes halogenated alkanes) is 1. The molecule has 1 aromatic rings. The number of rotatable bonds is 7. The summed E-state index contributed by atoms with van der Waals surface area (Å²) in [5.41, 5.74) is 1.17. The van der Waals surface area contributed by atoms with E-state index in [0.717, 1.165) is 25.0 Å². The smallest absolute Gasteiger partial charge is 0.120 e. The molecule has 0 aromatic heterocycles. The van der Waals surface area contributed by atoms with Crippen LogP contribution in [-0.4, -0.2) is 24.8 Å². The Balaban J connectivity index is 2.54. The highest BCUT2D eigenvalue weighted by Crippen LogP contribution is 2.20. The number of nitrogens with zero attached hydrogens (tertiary/aromatic N) is 1. The van der Waals surface area contributed by atoms with E-state index in [4.69, 9.17) is 0 Å². The number of carbonyl (C=O) groups excluding carboxylic acids is 1. The summed E-state index contributed by atoms with van der Waals surface area (Å²) in [6, 6.07) is 8.25. The fourth-order valence-electron chi connectivity index (χ4n) is 1.30. The first-order valence-corrected chi connectivity index (χ1v) is 6.52. The zero-order chi connectivity index (χ0) is 11.6. The first-order valence-electron chi connectivity index (χ1n) is 5.53. The summed E-state index contributed by atoms with van der Waals surface area (Å²) < 4.78 is 0. The molecule has 2 nitrogen and oxygen atoms in total. The van der Waals surface area contributed by atoms with Crippen molar-refractivity contribution in [2.75, 3.05) is 12.3 Å². The third kappa shape index (κ3) is 4.62. The van der Waals surface area contributed by atoms with Crippen molar-refractivity contribution in [3.8, 4) is 0 Å². The molecule has 1 rings (SSSR count). The van der Waals surface area contributed by atoms with Gasteiger partial charge in [-0.1, -0.05) is 25.1 Å². The van der Waals surface area contributed by atoms with Gasteiger partial charge in [0.1, 0.15) is 6.29 Å². The minimum atomic E-state index is 0.600. The molecule has 0 saturated carbocycles. The van der Waals surface area contributed by atoms with E-state index in [9.17, 15) is 4.79 Å². The lowest BCUT2D eigenvalue weighted by molar-refractivity contribution is -0.107. The van der Waals surface area contributed by atoms with Crippen molar-refractivity contribution in [3.05, 3.63) is 29.8 Å². The topological polar surface area (TPSA) is 29.4 Å². The summed E-state index contributed by atoms with van der Waals surface area (Å²) in [7, 11) is 0. The van der Waals surface area contributed by atoms with Crippen LogP contribution in [0.4, 0.5) is 0 Å². The number of hydrogen-bond acceptors (Lipinski definition) is 3. The molecule has 0 fully saturated rings. The minimum absolute atomic E-state index is 0.600. The summed E-state index contributed by atoms with van der Waals surface area (Å²) in [5, 5.41) is 0. The van der Waals surface area contributed by atoms with Crippen LogP contribution in [-0.2, 0) is 4.79 Å². The standard InChI is InChI=1S/C13H17NOS/c1-2-16-13-8-4-3-7-12(13)11-14-9-5-6-10-15/h3-4,7-8,10-11H,2,5-6,9H2,1H3/b14-11+. The Kier molecular flexibility index (Phi) is 6.58. The second kappa shape index (κ2) is 8.11. The van der Waals surface area contributed by atoms with Gasteiger partial charge in [-0.05, 0) is 18.2 Å². The SMILES string of the molecule is CCSc1ccccc1/C=N/CCCC=O. The summed E-state index contributed by atoms with van der Waals surface area (Å²) >= 11 is 1.82. The van der Waals surface area contributed by atoms with Crippen molar-refractivity contribution >= 4 is 24.3 Å². The molecule has 0 N–H and O–H groups in total. The van der Waals surface area contributed by atoms with Crippen LogP contribution in [0.25, 0.3) is 0 Å². The predicted molar refractivity (Wildman–Crippen MR) is 70.6 cm³/mol. The van der Waals surface area contributed by atoms with Crippen molar-refractivity contribution in [3.63, 3.8) is 0 Å². The molecule has 0 bridgehead atoms. The average molecular weight is 235 g/mol. The fourth-order valence-corrected chi connectivity index (χ4v) is 2.08. The Morgan fingerprint density at radius 2 is 2.19 bits per heavy atom. The zero-order valence-corrected chi connectivity index (χ0v) is 10.4. The van der Waals surface area contributed by atoms with E-state index in [-0.39, 0.29) is 0 Å². The quantitative estimate of drug-likeness (QED) is 0.314. The number of benzene rings is 1. The second-order valence-electron chi connectivity index (χ2n) is 3.32. The molecule has 1 aromatic carbocycles. The van der Waals surface area contributed by atoms with Crippen molar-refractivity contribution < 1.29 is 4.79 Å². The van der Waals surface area contributed by atoms with Gasteiger partial charge < -0.3 is 4.79 Å². The van der Waals surface area contributed by atoms with Crippen LogP contribution in [0.1, 0.15) is 25.3 Å². The Morgan fingerprint density at radius 1 is 1.38 bits per heavy atom. The number of thioether (sulfide) groups is 1. The minimum Gasteiger partial charge on any atom is -0.303 e. The highest BCUT2D eigenvalue weighted by atomic mass is 32.2. The Labute approximate surface area is 101 Å². The molecule has 0 saturated heterocycles. The van der Waals surface area contributed by atoms with Crippen LogP contribution >= 0.6 is 11.8 Å². The van der Waals surface area contributed by atoms with E-state index in [1.807, 2.05) is 30.1 Å². The molecule has 0 spiro atoms. The van der Waals surface area contributed by atoms with Crippen molar-refractivity contribution in [2.24, 2.45) is 4.99 Å². The predicted octanol–water partition coefficient (Wildman–Crippen LogP) is 3.20. The number of aldehydes is 1. The van der Waals surface area contributed by atoms with Gasteiger partial charge in [-0.3, -0.25) is 4.99 Å². The van der Waals surface area contributed by atoms with Crippen molar-refractivity contribution in [1.82, 2.24) is 0 Å². The molecule has 3 heteroatoms. The van der Waals surface area contributed by atoms with Crippen LogP contribution in [0.5, 0.6) is 0 Å². The van der Waals surface area contributed by atoms with E-state index in [0.29, 0.717) is 6.42 Å². The average Bonchev–Trinajstić information content (AvgIpc) is 2.31. The normalized spacial score (nSPS) is 10.8. The highest BCUT2D eigenvalue weighted by molar-refractivity contribution is 7.99. The van der Waals surface area contributed by atoms with Gasteiger partial charge in [0.2, 0.25) is 0 Å². The third-order valence-corrected chi connectivity index (χ3v) is 3.03. The summed E-state index contributed by atoms with van der Waals surface area (Å²) in [6.45, 7) is 2.87. The van der Waals surface area contributed by atoms with Gasteiger partial charge in [-0.15, -0.1) is 11.8 Å². The maximum atomic E-state index is 10.1. The van der Waals surface area contributed by atoms with Crippen molar-refractivity contribution in [1.29, 1.82) is 0 Å². The Bertz CT molecular complexity index is 350. The lowest BCUT2D eigenvalue weighted by Gasteiger charge is -2.02. The second-order valence-corrected chi connectivity index (χ2v) is 4.62. The van der Waals surface area contributed by atoms with Gasteiger partial charge in [0, 0.05) is 29.6 Å². The van der Waals surface area contributed by atoms with Crippen LogP contribution in [0.15, 0.2) is 34.2 Å². The van der Waals surface area contributed by atoms with Gasteiger partial charge in [0.25, 0.3) is 0 Å². The van der Waals surface area contributed by atoms with E-state index in [1.54, 1.807) is 0 Å². The van der Waals surface area contributed by atoms with Gasteiger partial charge in [0.05, 0.1) is 0 Å². The fraction of sp³-hybridized carbons (Fsp3) is 0.385. The van der Waals surface area contributed by atoms with Crippen molar-refractivity contribution in [2.45, 2.75) is 24.7 Å². The first-order chi connectivity index (χ1) is 7.88. The lowest BCUT2D eigenvalue weighted by Crippen LogP contribution is -1.88. The molecule has 0 amide bonds. The third-order valence-electron chi connectivity index (χ3n) is 2.06. The molecule has 0 aliphatic rings. The van der Waals surface area contributed by atoms with E-state index in [2.05, 4.69) is 24.0 Å². The molecule has 0 heterocycles. The Hall–Kier alpha value is -1.09. The van der Waals surface area contributed by atoms with Gasteiger partial charge in [-0.2, -0.15) is 0 Å². The van der Waals surface area contributed by atoms with Crippen LogP contribution < -0.4 is 0 Å². The number of hydrogen-bond donors (Lipinski definition) is 0. The number of aliphatic imine (C=N–C) groups is 1. The van der Waals surface area contributed by atoms with E-state index >= 15 is 0 Å². The van der Waals surface area contributed by atoms with Gasteiger partial charge in [-0.25, -0.2) is 0 Å². The molecule has 16 heavy (non-hydrogen) atoms. The molecule has 0 radical (unpaired) electrons. The molecular formula is C13H17NOS. The molecule has 0 aliphatic carbocycles. The first kappa shape index (κ1) is 13.0. The van der Waals surface area contributed by atoms with E-state index < -0.39 is 0 Å². The Morgan fingerprint density at radius 3 is 2.94 bits per heavy atom. The maximum Gasteiger partial charge on any atom is 0.120 e. The maximum absolute atomic E-state index is 10.1. The lowest BCUT2D eigenvalue weighted by atomic mass is 10.2. The molecule has 0 unspecified atom stereocenters. The summed E-state index contributed by atoms with van der Waals surface area (Å²) in [6.07, 6.45) is 4.28.